The fourth-order valence-corrected chi connectivity index (χ4v) is 3.05. The number of aliphatic hydroxyl groups is 1. The predicted molar refractivity (Wildman–Crippen MR) is 135 cm³/mol. The normalized spacial score (nSPS) is 11.0. The van der Waals surface area contributed by atoms with Crippen molar-refractivity contribution in [2.75, 3.05) is 6.61 Å². The van der Waals surface area contributed by atoms with Crippen molar-refractivity contribution in [3.63, 3.8) is 0 Å². The SMILES string of the molecule is CC.Cc1cc(-n2ccnc(C)c2=O)cc(Cl)c1OCC(C)(C)O.Cc1ccc(OC(F)(F)F)cc1. The fraction of sp³-hybridized carbons (Fsp3) is 0.385. The van der Waals surface area contributed by atoms with Crippen molar-refractivity contribution in [3.8, 4) is 17.2 Å². The Morgan fingerprint density at radius 3 is 2.14 bits per heavy atom. The number of hydrogen-bond acceptors (Lipinski definition) is 5. The molecule has 1 aromatic heterocycles. The van der Waals surface area contributed by atoms with Gasteiger partial charge in [0.15, 0.2) is 0 Å². The second-order valence-electron chi connectivity index (χ2n) is 8.22. The molecule has 0 saturated carbocycles. The summed E-state index contributed by atoms with van der Waals surface area (Å²) >= 11 is 6.27. The van der Waals surface area contributed by atoms with Gasteiger partial charge in [-0.1, -0.05) is 43.1 Å². The smallest absolute Gasteiger partial charge is 0.489 e. The second kappa shape index (κ2) is 13.3. The van der Waals surface area contributed by atoms with E-state index in [4.69, 9.17) is 16.3 Å². The maximum Gasteiger partial charge on any atom is 0.573 e. The first-order valence-electron chi connectivity index (χ1n) is 11.2. The first-order valence-corrected chi connectivity index (χ1v) is 11.6. The van der Waals surface area contributed by atoms with Crippen LogP contribution in [-0.2, 0) is 0 Å². The number of nitrogens with zero attached hydrogens (tertiary/aromatic N) is 2. The molecule has 3 aromatic rings. The molecule has 0 spiro atoms. The molecule has 198 valence electrons. The van der Waals surface area contributed by atoms with Crippen LogP contribution in [0.25, 0.3) is 5.69 Å². The molecular weight excluding hydrogens is 497 g/mol. The Hall–Kier alpha value is -3.04. The number of benzene rings is 2. The molecule has 0 radical (unpaired) electrons. The van der Waals surface area contributed by atoms with Gasteiger partial charge in [-0.2, -0.15) is 0 Å². The van der Waals surface area contributed by atoms with Crippen LogP contribution in [0.15, 0.2) is 53.6 Å². The molecular formula is C26H32ClF3N2O4. The molecule has 36 heavy (non-hydrogen) atoms. The van der Waals surface area contributed by atoms with Crippen molar-refractivity contribution in [1.29, 1.82) is 0 Å². The molecule has 0 bridgehead atoms. The zero-order valence-corrected chi connectivity index (χ0v) is 22.2. The van der Waals surface area contributed by atoms with Crippen molar-refractivity contribution in [2.45, 2.75) is 60.4 Å². The van der Waals surface area contributed by atoms with Crippen molar-refractivity contribution in [2.24, 2.45) is 0 Å². The molecule has 0 fully saturated rings. The molecule has 10 heteroatoms. The number of ether oxygens (including phenoxy) is 2. The van der Waals surface area contributed by atoms with E-state index in [9.17, 15) is 23.1 Å². The van der Waals surface area contributed by atoms with Gasteiger partial charge in [0.2, 0.25) is 0 Å². The second-order valence-corrected chi connectivity index (χ2v) is 8.63. The van der Waals surface area contributed by atoms with Crippen LogP contribution in [-0.4, -0.2) is 33.2 Å². The third-order valence-electron chi connectivity index (χ3n) is 4.33. The molecule has 1 N–H and O–H groups in total. The van der Waals surface area contributed by atoms with Gasteiger partial charge in [0.1, 0.15) is 23.8 Å². The van der Waals surface area contributed by atoms with Gasteiger partial charge in [-0.3, -0.25) is 14.3 Å². The Labute approximate surface area is 214 Å². The standard InChI is InChI=1S/C16H19ClN2O3.C8H7F3O.C2H6/c1-10-7-12(19-6-5-18-11(2)15(19)20)8-13(17)14(10)22-9-16(3,4)21;1-6-2-4-7(5-3-6)12-8(9,10)11;1-2/h5-8,21H,9H2,1-4H3;2-5H,1H3;1-2H3. The largest absolute Gasteiger partial charge is 0.573 e. The molecule has 0 aliphatic heterocycles. The summed E-state index contributed by atoms with van der Waals surface area (Å²) in [5, 5.41) is 10.1. The Bertz CT molecular complexity index is 1150. The van der Waals surface area contributed by atoms with E-state index in [2.05, 4.69) is 9.72 Å². The molecule has 0 aliphatic rings. The van der Waals surface area contributed by atoms with Gasteiger partial charge in [0.05, 0.1) is 16.3 Å². The van der Waals surface area contributed by atoms with Crippen LogP contribution in [0.5, 0.6) is 11.5 Å². The highest BCUT2D eigenvalue weighted by atomic mass is 35.5. The lowest BCUT2D eigenvalue weighted by Crippen LogP contribution is -2.28. The summed E-state index contributed by atoms with van der Waals surface area (Å²) in [5.74, 6) is 0.319. The molecule has 0 saturated heterocycles. The van der Waals surface area contributed by atoms with Crippen molar-refractivity contribution < 1.29 is 27.8 Å². The number of halogens is 4. The zero-order valence-electron chi connectivity index (χ0n) is 21.4. The van der Waals surface area contributed by atoms with E-state index in [0.717, 1.165) is 11.1 Å². The minimum Gasteiger partial charge on any atom is -0.489 e. The predicted octanol–water partition coefficient (Wildman–Crippen LogP) is 6.57. The van der Waals surface area contributed by atoms with Crippen LogP contribution >= 0.6 is 11.6 Å². The van der Waals surface area contributed by atoms with Gasteiger partial charge < -0.3 is 14.6 Å². The fourth-order valence-electron chi connectivity index (χ4n) is 2.74. The molecule has 6 nitrogen and oxygen atoms in total. The average molecular weight is 529 g/mol. The van der Waals surface area contributed by atoms with E-state index in [1.165, 1.54) is 16.7 Å². The monoisotopic (exact) mass is 528 g/mol. The van der Waals surface area contributed by atoms with E-state index < -0.39 is 12.0 Å². The van der Waals surface area contributed by atoms with E-state index in [-0.39, 0.29) is 17.9 Å². The van der Waals surface area contributed by atoms with Crippen LogP contribution in [0.2, 0.25) is 5.02 Å². The maximum absolute atomic E-state index is 12.1. The Kier molecular flexibility index (Phi) is 11.5. The summed E-state index contributed by atoms with van der Waals surface area (Å²) in [4.78, 5) is 16.1. The summed E-state index contributed by atoms with van der Waals surface area (Å²) in [6.45, 7) is 12.7. The molecule has 0 amide bonds. The number of rotatable bonds is 5. The number of aromatic nitrogens is 2. The summed E-state index contributed by atoms with van der Waals surface area (Å²) < 4.78 is 45.6. The van der Waals surface area contributed by atoms with Crippen LogP contribution in [0.1, 0.15) is 44.5 Å². The highest BCUT2D eigenvalue weighted by molar-refractivity contribution is 6.32. The molecule has 0 unspecified atom stereocenters. The van der Waals surface area contributed by atoms with Gasteiger partial charge in [-0.15, -0.1) is 13.2 Å². The lowest BCUT2D eigenvalue weighted by Gasteiger charge is -2.20. The van der Waals surface area contributed by atoms with Gasteiger partial charge in [-0.25, -0.2) is 0 Å². The minimum absolute atomic E-state index is 0.126. The Morgan fingerprint density at radius 2 is 1.64 bits per heavy atom. The average Bonchev–Trinajstić information content (AvgIpc) is 2.77. The van der Waals surface area contributed by atoms with Crippen LogP contribution in [0.3, 0.4) is 0 Å². The van der Waals surface area contributed by atoms with Gasteiger partial charge >= 0.3 is 6.36 Å². The van der Waals surface area contributed by atoms with Gasteiger partial charge in [0, 0.05) is 12.4 Å². The molecule has 3 rings (SSSR count). The molecule has 2 aromatic carbocycles. The number of hydrogen-bond donors (Lipinski definition) is 1. The van der Waals surface area contributed by atoms with Crippen LogP contribution < -0.4 is 15.0 Å². The summed E-state index contributed by atoms with van der Waals surface area (Å²) in [6.07, 6.45) is -1.44. The first kappa shape index (κ1) is 31.0. The van der Waals surface area contributed by atoms with Gasteiger partial charge in [0.25, 0.3) is 5.56 Å². The van der Waals surface area contributed by atoms with E-state index in [0.29, 0.717) is 22.2 Å². The highest BCUT2D eigenvalue weighted by Gasteiger charge is 2.30. The van der Waals surface area contributed by atoms with Crippen molar-refractivity contribution in [1.82, 2.24) is 9.55 Å². The number of alkyl halides is 3. The van der Waals surface area contributed by atoms with Crippen LogP contribution in [0.4, 0.5) is 13.2 Å². The maximum atomic E-state index is 12.1. The highest BCUT2D eigenvalue weighted by Crippen LogP contribution is 2.31. The summed E-state index contributed by atoms with van der Waals surface area (Å²) in [6, 6.07) is 9.15. The zero-order chi connectivity index (χ0) is 27.7. The molecule has 1 heterocycles. The number of aryl methyl sites for hydroxylation is 3. The van der Waals surface area contributed by atoms with E-state index >= 15 is 0 Å². The van der Waals surface area contributed by atoms with Crippen LogP contribution in [0, 0.1) is 20.8 Å². The third-order valence-corrected chi connectivity index (χ3v) is 4.61. The first-order chi connectivity index (χ1) is 16.7. The van der Waals surface area contributed by atoms with E-state index in [1.807, 2.05) is 26.8 Å². The van der Waals surface area contributed by atoms with Gasteiger partial charge in [-0.05, 0) is 64.4 Å². The lowest BCUT2D eigenvalue weighted by atomic mass is 10.1. The Morgan fingerprint density at radius 1 is 1.06 bits per heavy atom. The molecule has 0 aliphatic carbocycles. The topological polar surface area (TPSA) is 73.6 Å². The lowest BCUT2D eigenvalue weighted by molar-refractivity contribution is -0.274. The third kappa shape index (κ3) is 10.3. The summed E-state index contributed by atoms with van der Waals surface area (Å²) in [5.41, 5.74) is 1.60. The molecule has 0 atom stereocenters. The quantitative estimate of drug-likeness (QED) is 0.405. The van der Waals surface area contributed by atoms with E-state index in [1.54, 1.807) is 58.3 Å². The Balaban J connectivity index is 0.000000391. The summed E-state index contributed by atoms with van der Waals surface area (Å²) in [7, 11) is 0. The van der Waals surface area contributed by atoms with Crippen molar-refractivity contribution in [3.05, 3.63) is 81.0 Å². The van der Waals surface area contributed by atoms with Crippen molar-refractivity contribution >= 4 is 11.6 Å². The minimum atomic E-state index is -4.60.